The van der Waals surface area contributed by atoms with Gasteiger partial charge in [-0.2, -0.15) is 0 Å². The number of aryl methyl sites for hydroxylation is 1. The Morgan fingerprint density at radius 1 is 1.00 bits per heavy atom. The van der Waals surface area contributed by atoms with E-state index < -0.39 is 23.3 Å². The van der Waals surface area contributed by atoms with E-state index in [2.05, 4.69) is 17.6 Å². The van der Waals surface area contributed by atoms with E-state index in [1.165, 1.54) is 6.42 Å². The maximum Gasteiger partial charge on any atom is 0.408 e. The second-order valence-electron chi connectivity index (χ2n) is 11.1. The lowest BCUT2D eigenvalue weighted by atomic mass is 9.93. The molecule has 1 aliphatic carbocycles. The zero-order chi connectivity index (χ0) is 25.5. The maximum absolute atomic E-state index is 13.7. The fourth-order valence-corrected chi connectivity index (χ4v) is 4.33. The zero-order valence-corrected chi connectivity index (χ0v) is 22.0. The molecular weight excluding hydrogens is 430 g/mol. The third-order valence-corrected chi connectivity index (χ3v) is 5.94. The lowest BCUT2D eigenvalue weighted by Gasteiger charge is -2.42. The minimum atomic E-state index is -0.805. The van der Waals surface area contributed by atoms with Crippen LogP contribution in [-0.2, 0) is 20.7 Å². The molecule has 7 nitrogen and oxygen atoms in total. The summed E-state index contributed by atoms with van der Waals surface area (Å²) in [6.45, 7) is 12.8. The van der Waals surface area contributed by atoms with E-state index in [9.17, 15) is 14.4 Å². The summed E-state index contributed by atoms with van der Waals surface area (Å²) in [6.07, 6.45) is 5.53. The second-order valence-corrected chi connectivity index (χ2v) is 11.1. The van der Waals surface area contributed by atoms with Crippen LogP contribution in [0, 0.1) is 0 Å². The van der Waals surface area contributed by atoms with Gasteiger partial charge >= 0.3 is 6.09 Å². The van der Waals surface area contributed by atoms with Gasteiger partial charge in [-0.3, -0.25) is 9.59 Å². The normalized spacial score (nSPS) is 15.9. The Bertz CT molecular complexity index is 831. The van der Waals surface area contributed by atoms with Gasteiger partial charge in [0.05, 0.1) is 0 Å². The average Bonchev–Trinajstić information content (AvgIpc) is 2.74. The Kier molecular flexibility index (Phi) is 9.54. The summed E-state index contributed by atoms with van der Waals surface area (Å²) in [5, 5.41) is 5.76. The minimum absolute atomic E-state index is 0.121. The molecule has 7 heteroatoms. The topological polar surface area (TPSA) is 87.7 Å². The number of hydrogen-bond donors (Lipinski definition) is 2. The summed E-state index contributed by atoms with van der Waals surface area (Å²) >= 11 is 0. The fraction of sp³-hybridized carbons (Fsp3) is 0.667. The molecule has 1 aliphatic rings. The molecule has 0 saturated heterocycles. The van der Waals surface area contributed by atoms with Crippen molar-refractivity contribution in [2.45, 2.75) is 110 Å². The van der Waals surface area contributed by atoms with Crippen molar-refractivity contribution in [2.24, 2.45) is 0 Å². The fourth-order valence-electron chi connectivity index (χ4n) is 4.33. The molecule has 1 fully saturated rings. The first-order chi connectivity index (χ1) is 15.8. The van der Waals surface area contributed by atoms with Crippen molar-refractivity contribution >= 4 is 17.9 Å². The first-order valence-corrected chi connectivity index (χ1v) is 12.5. The van der Waals surface area contributed by atoms with Crippen molar-refractivity contribution in [3.05, 3.63) is 35.4 Å². The second kappa shape index (κ2) is 11.7. The van der Waals surface area contributed by atoms with E-state index in [4.69, 9.17) is 4.74 Å². The van der Waals surface area contributed by atoms with Gasteiger partial charge in [0.15, 0.2) is 0 Å². The first-order valence-electron chi connectivity index (χ1n) is 12.5. The molecular formula is C27H43N3O4. The average molecular weight is 474 g/mol. The highest BCUT2D eigenvalue weighted by atomic mass is 16.6. The van der Waals surface area contributed by atoms with E-state index in [1.807, 2.05) is 45.0 Å². The third-order valence-electron chi connectivity index (χ3n) is 5.94. The van der Waals surface area contributed by atoms with Gasteiger partial charge in [-0.25, -0.2) is 4.79 Å². The molecule has 2 rings (SSSR count). The number of rotatable bonds is 7. The summed E-state index contributed by atoms with van der Waals surface area (Å²) < 4.78 is 5.27. The minimum Gasteiger partial charge on any atom is -0.444 e. The Morgan fingerprint density at radius 2 is 1.59 bits per heavy atom. The summed E-state index contributed by atoms with van der Waals surface area (Å²) in [4.78, 5) is 40.9. The van der Waals surface area contributed by atoms with Crippen LogP contribution in [0.4, 0.5) is 4.79 Å². The van der Waals surface area contributed by atoms with Gasteiger partial charge in [0, 0.05) is 11.6 Å². The van der Waals surface area contributed by atoms with Gasteiger partial charge in [-0.15, -0.1) is 0 Å². The van der Waals surface area contributed by atoms with Crippen LogP contribution in [0.5, 0.6) is 0 Å². The number of nitrogens with zero attached hydrogens (tertiary/aromatic N) is 1. The number of alkyl carbamates (subject to hydrolysis) is 1. The molecule has 34 heavy (non-hydrogen) atoms. The van der Waals surface area contributed by atoms with Crippen molar-refractivity contribution in [3.8, 4) is 0 Å². The summed E-state index contributed by atoms with van der Waals surface area (Å²) in [6, 6.07) is 7.17. The number of nitrogens with one attached hydrogen (secondary N) is 2. The van der Waals surface area contributed by atoms with E-state index >= 15 is 0 Å². The molecule has 190 valence electrons. The van der Waals surface area contributed by atoms with Crippen molar-refractivity contribution < 1.29 is 19.1 Å². The molecule has 1 aromatic rings. The van der Waals surface area contributed by atoms with Crippen LogP contribution in [0.25, 0.3) is 0 Å². The monoisotopic (exact) mass is 473 g/mol. The van der Waals surface area contributed by atoms with Crippen LogP contribution in [0.15, 0.2) is 24.3 Å². The molecule has 0 aliphatic heterocycles. The lowest BCUT2D eigenvalue weighted by molar-refractivity contribution is -0.146. The SMILES string of the molecule is CCc1ccc(C(C(=O)NC2CCCCC2)N(C(=O)CNC(=O)OC(C)(C)C)C(C)(C)C)cc1. The highest BCUT2D eigenvalue weighted by Gasteiger charge is 2.39. The van der Waals surface area contributed by atoms with Gasteiger partial charge in [0.25, 0.3) is 0 Å². The first kappa shape index (κ1) is 27.7. The summed E-state index contributed by atoms with van der Waals surface area (Å²) in [5.74, 6) is -0.529. The Balaban J connectivity index is 2.33. The number of carbonyl (C=O) groups excluding carboxylic acids is 3. The van der Waals surface area contributed by atoms with E-state index in [0.29, 0.717) is 0 Å². The molecule has 0 radical (unpaired) electrons. The number of hydrogen-bond acceptors (Lipinski definition) is 4. The lowest BCUT2D eigenvalue weighted by Crippen LogP contribution is -2.56. The van der Waals surface area contributed by atoms with Crippen molar-refractivity contribution in [3.63, 3.8) is 0 Å². The van der Waals surface area contributed by atoms with Crippen LogP contribution < -0.4 is 10.6 Å². The maximum atomic E-state index is 13.7. The molecule has 1 unspecified atom stereocenters. The smallest absolute Gasteiger partial charge is 0.408 e. The third kappa shape index (κ3) is 8.33. The van der Waals surface area contributed by atoms with Gasteiger partial charge in [0.1, 0.15) is 18.2 Å². The Morgan fingerprint density at radius 3 is 2.09 bits per heavy atom. The number of carbonyl (C=O) groups is 3. The Hall–Kier alpha value is -2.57. The molecule has 1 aromatic carbocycles. The van der Waals surface area contributed by atoms with Crippen LogP contribution in [-0.4, -0.2) is 46.5 Å². The largest absolute Gasteiger partial charge is 0.444 e. The van der Waals surface area contributed by atoms with E-state index in [-0.39, 0.29) is 24.4 Å². The molecule has 3 amide bonds. The number of ether oxygens (including phenoxy) is 1. The number of benzene rings is 1. The van der Waals surface area contributed by atoms with Crippen LogP contribution in [0.3, 0.4) is 0 Å². The van der Waals surface area contributed by atoms with Gasteiger partial charge in [-0.05, 0) is 71.9 Å². The van der Waals surface area contributed by atoms with Crippen molar-refractivity contribution in [1.29, 1.82) is 0 Å². The Labute approximate surface area is 205 Å². The molecule has 1 saturated carbocycles. The van der Waals surface area contributed by atoms with Gasteiger partial charge in [0.2, 0.25) is 11.8 Å². The van der Waals surface area contributed by atoms with Crippen LogP contribution in [0.2, 0.25) is 0 Å². The molecule has 0 aromatic heterocycles. The van der Waals surface area contributed by atoms with Crippen molar-refractivity contribution in [2.75, 3.05) is 6.54 Å². The molecule has 2 N–H and O–H groups in total. The van der Waals surface area contributed by atoms with Gasteiger partial charge in [-0.1, -0.05) is 50.5 Å². The molecule has 1 atom stereocenters. The highest BCUT2D eigenvalue weighted by Crippen LogP contribution is 2.30. The van der Waals surface area contributed by atoms with Crippen molar-refractivity contribution in [1.82, 2.24) is 15.5 Å². The van der Waals surface area contributed by atoms with Crippen LogP contribution >= 0.6 is 0 Å². The molecule has 0 heterocycles. The predicted octanol–water partition coefficient (Wildman–Crippen LogP) is 4.89. The van der Waals surface area contributed by atoms with Crippen LogP contribution in [0.1, 0.15) is 97.7 Å². The van der Waals surface area contributed by atoms with E-state index in [0.717, 1.165) is 43.2 Å². The standard InChI is InChI=1S/C27H43N3O4/c1-8-19-14-16-20(17-15-19)23(24(32)29-21-12-10-9-11-13-21)30(26(2,3)4)22(31)18-28-25(33)34-27(5,6)7/h14-17,21,23H,8-13,18H2,1-7H3,(H,28,33)(H,29,32). The molecule has 0 spiro atoms. The quantitative estimate of drug-likeness (QED) is 0.590. The summed E-state index contributed by atoms with van der Waals surface area (Å²) in [7, 11) is 0. The van der Waals surface area contributed by atoms with Gasteiger partial charge < -0.3 is 20.3 Å². The summed E-state index contributed by atoms with van der Waals surface area (Å²) in [5.41, 5.74) is 0.590. The zero-order valence-electron chi connectivity index (χ0n) is 22.0. The highest BCUT2D eigenvalue weighted by molar-refractivity contribution is 5.91. The van der Waals surface area contributed by atoms with E-state index in [1.54, 1.807) is 25.7 Å². The number of amides is 3. The predicted molar refractivity (Wildman–Crippen MR) is 134 cm³/mol. The molecule has 0 bridgehead atoms.